The van der Waals surface area contributed by atoms with E-state index in [0.29, 0.717) is 0 Å². The van der Waals surface area contributed by atoms with Gasteiger partial charge in [0.25, 0.3) is 0 Å². The van der Waals surface area contributed by atoms with Crippen LogP contribution in [0.25, 0.3) is 0 Å². The number of fused-ring (bicyclic) bond motifs is 1. The summed E-state index contributed by atoms with van der Waals surface area (Å²) in [5.74, 6) is 1.82. The maximum absolute atomic E-state index is 5.66. The van der Waals surface area contributed by atoms with Gasteiger partial charge < -0.3 is 4.74 Å². The first-order chi connectivity index (χ1) is 5.82. The summed E-state index contributed by atoms with van der Waals surface area (Å²) in [5.41, 5.74) is 0.197. The predicted molar refractivity (Wildman–Crippen MR) is 50.0 cm³/mol. The lowest BCUT2D eigenvalue weighted by molar-refractivity contribution is -0.148. The van der Waals surface area contributed by atoms with E-state index in [9.17, 15) is 0 Å². The van der Waals surface area contributed by atoms with Crippen molar-refractivity contribution in [3.8, 4) is 0 Å². The fraction of sp³-hybridized carbons (Fsp3) is 0.818. The van der Waals surface area contributed by atoms with Gasteiger partial charge in [0.1, 0.15) is 0 Å². The first-order valence-electron chi connectivity index (χ1n) is 4.98. The van der Waals surface area contributed by atoms with E-state index in [1.54, 1.807) is 0 Å². The van der Waals surface area contributed by atoms with E-state index >= 15 is 0 Å². The Hall–Kier alpha value is -0.300. The average molecular weight is 166 g/mol. The zero-order chi connectivity index (χ0) is 8.60. The molecule has 1 heteroatoms. The SMILES string of the molecule is C=CCC1(OC)CC2CCCC21. The Morgan fingerprint density at radius 3 is 3.00 bits per heavy atom. The standard InChI is InChI=1S/C11H18O/c1-3-7-11(12-2)8-9-5-4-6-10(9)11/h3,9-10H,1,4-8H2,2H3. The van der Waals surface area contributed by atoms with E-state index in [-0.39, 0.29) is 5.60 Å². The van der Waals surface area contributed by atoms with Crippen LogP contribution in [-0.4, -0.2) is 12.7 Å². The number of methoxy groups -OCH3 is 1. The van der Waals surface area contributed by atoms with Crippen LogP contribution >= 0.6 is 0 Å². The zero-order valence-electron chi connectivity index (χ0n) is 7.88. The van der Waals surface area contributed by atoms with Gasteiger partial charge >= 0.3 is 0 Å². The Balaban J connectivity index is 2.05. The molecule has 2 aliphatic carbocycles. The van der Waals surface area contributed by atoms with Crippen LogP contribution in [0.3, 0.4) is 0 Å². The van der Waals surface area contributed by atoms with E-state index in [1.165, 1.54) is 25.7 Å². The fourth-order valence-electron chi connectivity index (χ4n) is 3.21. The van der Waals surface area contributed by atoms with Crippen LogP contribution in [0, 0.1) is 11.8 Å². The molecular formula is C11H18O. The van der Waals surface area contributed by atoms with Gasteiger partial charge in [-0.2, -0.15) is 0 Å². The Morgan fingerprint density at radius 1 is 1.58 bits per heavy atom. The molecule has 0 aromatic rings. The second-order valence-corrected chi connectivity index (χ2v) is 4.26. The lowest BCUT2D eigenvalue weighted by Gasteiger charge is -2.51. The molecule has 0 heterocycles. The lowest BCUT2D eigenvalue weighted by atomic mass is 9.61. The van der Waals surface area contributed by atoms with Gasteiger partial charge in [0.15, 0.2) is 0 Å². The van der Waals surface area contributed by atoms with E-state index in [4.69, 9.17) is 4.74 Å². The zero-order valence-corrected chi connectivity index (χ0v) is 7.88. The number of ether oxygens (including phenoxy) is 1. The Labute approximate surface area is 74.8 Å². The molecule has 2 fully saturated rings. The summed E-state index contributed by atoms with van der Waals surface area (Å²) in [6.07, 6.45) is 8.57. The monoisotopic (exact) mass is 166 g/mol. The molecule has 0 aromatic heterocycles. The second kappa shape index (κ2) is 2.88. The summed E-state index contributed by atoms with van der Waals surface area (Å²) < 4.78 is 5.66. The molecule has 0 bridgehead atoms. The highest BCUT2D eigenvalue weighted by Crippen LogP contribution is 2.56. The number of hydrogen-bond acceptors (Lipinski definition) is 1. The van der Waals surface area contributed by atoms with Crippen LogP contribution in [0.15, 0.2) is 12.7 Å². The van der Waals surface area contributed by atoms with Gasteiger partial charge in [0, 0.05) is 7.11 Å². The highest BCUT2D eigenvalue weighted by atomic mass is 16.5. The second-order valence-electron chi connectivity index (χ2n) is 4.26. The minimum absolute atomic E-state index is 0.197. The highest BCUT2D eigenvalue weighted by Gasteiger charge is 2.54. The van der Waals surface area contributed by atoms with Crippen molar-refractivity contribution in [2.24, 2.45) is 11.8 Å². The Kier molecular flexibility index (Phi) is 1.99. The molecule has 0 amide bonds. The third-order valence-electron chi connectivity index (χ3n) is 3.84. The summed E-state index contributed by atoms with van der Waals surface area (Å²) in [4.78, 5) is 0. The van der Waals surface area contributed by atoms with Gasteiger partial charge in [-0.3, -0.25) is 0 Å². The number of hydrogen-bond donors (Lipinski definition) is 0. The first-order valence-corrected chi connectivity index (χ1v) is 4.98. The fourth-order valence-corrected chi connectivity index (χ4v) is 3.21. The van der Waals surface area contributed by atoms with Gasteiger partial charge in [0.2, 0.25) is 0 Å². The van der Waals surface area contributed by atoms with Crippen LogP contribution in [0.1, 0.15) is 32.1 Å². The van der Waals surface area contributed by atoms with E-state index in [0.717, 1.165) is 18.3 Å². The van der Waals surface area contributed by atoms with Crippen molar-refractivity contribution < 1.29 is 4.74 Å². The van der Waals surface area contributed by atoms with E-state index < -0.39 is 0 Å². The molecule has 3 unspecified atom stereocenters. The van der Waals surface area contributed by atoms with Crippen molar-refractivity contribution in [3.63, 3.8) is 0 Å². The minimum atomic E-state index is 0.197. The van der Waals surface area contributed by atoms with Crippen LogP contribution in [0.4, 0.5) is 0 Å². The topological polar surface area (TPSA) is 9.23 Å². The molecule has 0 N–H and O–H groups in total. The smallest absolute Gasteiger partial charge is 0.0746 e. The summed E-state index contributed by atoms with van der Waals surface area (Å²) in [7, 11) is 1.86. The van der Waals surface area contributed by atoms with Crippen molar-refractivity contribution >= 4 is 0 Å². The quantitative estimate of drug-likeness (QED) is 0.586. The van der Waals surface area contributed by atoms with Gasteiger partial charge in [-0.15, -0.1) is 6.58 Å². The highest BCUT2D eigenvalue weighted by molar-refractivity contribution is 5.08. The van der Waals surface area contributed by atoms with Crippen molar-refractivity contribution in [1.29, 1.82) is 0 Å². The van der Waals surface area contributed by atoms with Gasteiger partial charge in [-0.1, -0.05) is 12.5 Å². The third kappa shape index (κ3) is 0.957. The van der Waals surface area contributed by atoms with Crippen molar-refractivity contribution in [2.75, 3.05) is 7.11 Å². The van der Waals surface area contributed by atoms with Crippen LogP contribution in [0.2, 0.25) is 0 Å². The third-order valence-corrected chi connectivity index (χ3v) is 3.84. The molecule has 68 valence electrons. The molecule has 0 spiro atoms. The van der Waals surface area contributed by atoms with E-state index in [2.05, 4.69) is 6.58 Å². The van der Waals surface area contributed by atoms with Crippen LogP contribution in [-0.2, 0) is 4.74 Å². The summed E-state index contributed by atoms with van der Waals surface area (Å²) in [6.45, 7) is 3.81. The average Bonchev–Trinajstić information content (AvgIpc) is 2.44. The summed E-state index contributed by atoms with van der Waals surface area (Å²) >= 11 is 0. The van der Waals surface area contributed by atoms with E-state index in [1.807, 2.05) is 13.2 Å². The van der Waals surface area contributed by atoms with Crippen molar-refractivity contribution in [2.45, 2.75) is 37.7 Å². The summed E-state index contributed by atoms with van der Waals surface area (Å²) in [6, 6.07) is 0. The Morgan fingerprint density at radius 2 is 2.42 bits per heavy atom. The molecule has 1 nitrogen and oxygen atoms in total. The molecular weight excluding hydrogens is 148 g/mol. The number of rotatable bonds is 3. The van der Waals surface area contributed by atoms with Gasteiger partial charge in [-0.05, 0) is 37.5 Å². The molecule has 2 rings (SSSR count). The molecule has 0 radical (unpaired) electrons. The lowest BCUT2D eigenvalue weighted by Crippen LogP contribution is -2.52. The van der Waals surface area contributed by atoms with Gasteiger partial charge in [-0.25, -0.2) is 0 Å². The van der Waals surface area contributed by atoms with Crippen LogP contribution < -0.4 is 0 Å². The van der Waals surface area contributed by atoms with Gasteiger partial charge in [0.05, 0.1) is 5.60 Å². The molecule has 0 aliphatic heterocycles. The Bertz CT molecular complexity index is 187. The first kappa shape index (κ1) is 8.31. The minimum Gasteiger partial charge on any atom is -0.378 e. The maximum Gasteiger partial charge on any atom is 0.0746 e. The normalized spacial score (nSPS) is 45.1. The van der Waals surface area contributed by atoms with Crippen molar-refractivity contribution in [3.05, 3.63) is 12.7 Å². The molecule has 2 saturated carbocycles. The molecule has 2 aliphatic rings. The molecule has 0 aromatic carbocycles. The molecule has 0 saturated heterocycles. The van der Waals surface area contributed by atoms with Crippen LogP contribution in [0.5, 0.6) is 0 Å². The van der Waals surface area contributed by atoms with Crippen molar-refractivity contribution in [1.82, 2.24) is 0 Å². The molecule has 3 atom stereocenters. The largest absolute Gasteiger partial charge is 0.378 e. The summed E-state index contributed by atoms with van der Waals surface area (Å²) in [5, 5.41) is 0. The molecule has 12 heavy (non-hydrogen) atoms. The maximum atomic E-state index is 5.66. The predicted octanol–water partition coefficient (Wildman–Crippen LogP) is 2.77.